The van der Waals surface area contributed by atoms with Crippen LogP contribution in [0.4, 0.5) is 4.39 Å². The molecule has 6 heteroatoms. The molecule has 0 radical (unpaired) electrons. The largest absolute Gasteiger partial charge is 0.394 e. The van der Waals surface area contributed by atoms with E-state index in [1.807, 2.05) is 0 Å². The molecule has 0 bridgehead atoms. The van der Waals surface area contributed by atoms with Crippen molar-refractivity contribution >= 4 is 0 Å². The van der Waals surface area contributed by atoms with Crippen molar-refractivity contribution in [2.75, 3.05) is 6.61 Å². The topological polar surface area (TPSA) is 101 Å². The summed E-state index contributed by atoms with van der Waals surface area (Å²) in [7, 11) is 0. The van der Waals surface area contributed by atoms with E-state index in [0.717, 1.165) is 0 Å². The second-order valence-corrected chi connectivity index (χ2v) is 2.10. The van der Waals surface area contributed by atoms with Gasteiger partial charge in [-0.2, -0.15) is 0 Å². The number of aliphatic hydroxyl groups is 5. The summed E-state index contributed by atoms with van der Waals surface area (Å²) in [6.45, 7) is -0.815. The molecular formula is C5H11FO5. The maximum atomic E-state index is 11.8. The molecule has 1 unspecified atom stereocenters. The predicted molar refractivity (Wildman–Crippen MR) is 32.2 cm³/mol. The smallest absolute Gasteiger partial charge is 0.225 e. The van der Waals surface area contributed by atoms with Crippen LogP contribution in [0.25, 0.3) is 0 Å². The molecule has 5 N–H and O–H groups in total. The van der Waals surface area contributed by atoms with E-state index in [1.54, 1.807) is 0 Å². The van der Waals surface area contributed by atoms with Crippen LogP contribution in [0, 0.1) is 0 Å². The highest BCUT2D eigenvalue weighted by atomic mass is 19.1. The Hall–Kier alpha value is -0.270. The Morgan fingerprint density at radius 3 is 1.73 bits per heavy atom. The molecule has 5 nitrogen and oxygen atoms in total. The molecule has 0 spiro atoms. The highest BCUT2D eigenvalue weighted by molar-refractivity contribution is 4.75. The Labute approximate surface area is 62.3 Å². The Balaban J connectivity index is 3.90. The van der Waals surface area contributed by atoms with E-state index in [9.17, 15) is 4.39 Å². The standard InChI is InChI=1S/C5H11FO5/c6-5(11)4(10)3(9)2(8)1-7/h2-5,7-11H,1H2/t2-,3+,4-,5?/m1/s1. The van der Waals surface area contributed by atoms with E-state index < -0.39 is 31.3 Å². The average Bonchev–Trinajstić information content (AvgIpc) is 2.00. The van der Waals surface area contributed by atoms with Gasteiger partial charge in [0.25, 0.3) is 0 Å². The molecule has 0 aromatic carbocycles. The molecule has 0 aliphatic rings. The number of hydrogen-bond acceptors (Lipinski definition) is 5. The molecule has 0 aromatic rings. The molecule has 0 aliphatic carbocycles. The van der Waals surface area contributed by atoms with Crippen LogP contribution in [-0.2, 0) is 0 Å². The minimum absolute atomic E-state index is 0.815. The van der Waals surface area contributed by atoms with Crippen molar-refractivity contribution in [2.45, 2.75) is 24.7 Å². The van der Waals surface area contributed by atoms with Crippen molar-refractivity contribution in [3.8, 4) is 0 Å². The maximum absolute atomic E-state index is 11.8. The van der Waals surface area contributed by atoms with Gasteiger partial charge in [-0.3, -0.25) is 0 Å². The molecule has 0 aromatic heterocycles. The maximum Gasteiger partial charge on any atom is 0.225 e. The molecule has 0 saturated heterocycles. The zero-order valence-electron chi connectivity index (χ0n) is 5.63. The van der Waals surface area contributed by atoms with Crippen LogP contribution in [0.5, 0.6) is 0 Å². The Morgan fingerprint density at radius 2 is 1.45 bits per heavy atom. The lowest BCUT2D eigenvalue weighted by Gasteiger charge is -2.21. The number of rotatable bonds is 4. The van der Waals surface area contributed by atoms with E-state index in [0.29, 0.717) is 0 Å². The van der Waals surface area contributed by atoms with Gasteiger partial charge in [0.05, 0.1) is 6.61 Å². The first-order valence-electron chi connectivity index (χ1n) is 2.98. The van der Waals surface area contributed by atoms with Crippen molar-refractivity contribution in [3.05, 3.63) is 0 Å². The molecule has 0 fully saturated rings. The third-order valence-corrected chi connectivity index (χ3v) is 1.21. The van der Waals surface area contributed by atoms with Crippen molar-refractivity contribution in [1.82, 2.24) is 0 Å². The normalized spacial score (nSPS) is 22.4. The van der Waals surface area contributed by atoms with Crippen LogP contribution in [-0.4, -0.2) is 56.8 Å². The summed E-state index contributed by atoms with van der Waals surface area (Å²) < 4.78 is 11.8. The van der Waals surface area contributed by atoms with Gasteiger partial charge in [-0.15, -0.1) is 0 Å². The molecule has 0 rings (SSSR count). The van der Waals surface area contributed by atoms with Crippen LogP contribution in [0.1, 0.15) is 0 Å². The molecule has 0 heterocycles. The van der Waals surface area contributed by atoms with Gasteiger partial charge >= 0.3 is 0 Å². The molecular weight excluding hydrogens is 159 g/mol. The number of alkyl halides is 1. The summed E-state index contributed by atoms with van der Waals surface area (Å²) in [4.78, 5) is 0. The van der Waals surface area contributed by atoms with Gasteiger partial charge in [0.15, 0.2) is 0 Å². The number of hydrogen-bond donors (Lipinski definition) is 5. The lowest BCUT2D eigenvalue weighted by atomic mass is 10.1. The second-order valence-electron chi connectivity index (χ2n) is 2.10. The lowest BCUT2D eigenvalue weighted by molar-refractivity contribution is -0.149. The summed E-state index contributed by atoms with van der Waals surface area (Å²) in [6.07, 6.45) is -8.28. The Kier molecular flexibility index (Phi) is 4.46. The summed E-state index contributed by atoms with van der Waals surface area (Å²) in [5, 5.41) is 42.1. The first-order chi connectivity index (χ1) is 5.00. The highest BCUT2D eigenvalue weighted by Gasteiger charge is 2.29. The van der Waals surface area contributed by atoms with Crippen molar-refractivity contribution in [2.24, 2.45) is 0 Å². The van der Waals surface area contributed by atoms with Crippen LogP contribution in [0.2, 0.25) is 0 Å². The highest BCUT2D eigenvalue weighted by Crippen LogP contribution is 2.04. The van der Waals surface area contributed by atoms with Crippen molar-refractivity contribution in [3.63, 3.8) is 0 Å². The molecule has 68 valence electrons. The zero-order chi connectivity index (χ0) is 9.02. The average molecular weight is 170 g/mol. The van der Waals surface area contributed by atoms with Gasteiger partial charge in [0.2, 0.25) is 6.36 Å². The van der Waals surface area contributed by atoms with Gasteiger partial charge in [0, 0.05) is 0 Å². The molecule has 0 amide bonds. The van der Waals surface area contributed by atoms with E-state index in [1.165, 1.54) is 0 Å². The first kappa shape index (κ1) is 10.7. The second kappa shape index (κ2) is 4.58. The van der Waals surface area contributed by atoms with Gasteiger partial charge in [-0.05, 0) is 0 Å². The zero-order valence-corrected chi connectivity index (χ0v) is 5.63. The third-order valence-electron chi connectivity index (χ3n) is 1.21. The fourth-order valence-corrected chi connectivity index (χ4v) is 0.498. The molecule has 11 heavy (non-hydrogen) atoms. The van der Waals surface area contributed by atoms with Crippen LogP contribution in [0.3, 0.4) is 0 Å². The monoisotopic (exact) mass is 170 g/mol. The number of halogens is 1. The van der Waals surface area contributed by atoms with E-state index in [2.05, 4.69) is 0 Å². The fourth-order valence-electron chi connectivity index (χ4n) is 0.498. The first-order valence-corrected chi connectivity index (χ1v) is 2.98. The number of aliphatic hydroxyl groups excluding tert-OH is 5. The van der Waals surface area contributed by atoms with Crippen LogP contribution < -0.4 is 0 Å². The van der Waals surface area contributed by atoms with Gasteiger partial charge in [0.1, 0.15) is 18.3 Å². The summed E-state index contributed by atoms with van der Waals surface area (Å²) in [5.41, 5.74) is 0. The van der Waals surface area contributed by atoms with Crippen LogP contribution in [0.15, 0.2) is 0 Å². The van der Waals surface area contributed by atoms with E-state index >= 15 is 0 Å². The van der Waals surface area contributed by atoms with Gasteiger partial charge in [-0.1, -0.05) is 0 Å². The SMILES string of the molecule is OC[C@@H](O)[C@H](O)[C@@H](O)C(O)F. The summed E-state index contributed by atoms with van der Waals surface area (Å²) >= 11 is 0. The molecule has 0 aliphatic heterocycles. The van der Waals surface area contributed by atoms with Crippen molar-refractivity contribution in [1.29, 1.82) is 0 Å². The quantitative estimate of drug-likeness (QED) is 0.317. The minimum atomic E-state index is -2.63. The summed E-state index contributed by atoms with van der Waals surface area (Å²) in [5.74, 6) is 0. The van der Waals surface area contributed by atoms with E-state index in [4.69, 9.17) is 25.5 Å². The third kappa shape index (κ3) is 3.08. The Morgan fingerprint density at radius 1 is 1.00 bits per heavy atom. The molecule has 4 atom stereocenters. The predicted octanol–water partition coefficient (Wildman–Crippen LogP) is -2.65. The van der Waals surface area contributed by atoms with Gasteiger partial charge in [-0.25, -0.2) is 4.39 Å². The van der Waals surface area contributed by atoms with Gasteiger partial charge < -0.3 is 25.5 Å². The van der Waals surface area contributed by atoms with Crippen molar-refractivity contribution < 1.29 is 29.9 Å². The minimum Gasteiger partial charge on any atom is -0.394 e. The summed E-state index contributed by atoms with van der Waals surface area (Å²) in [6, 6.07) is 0. The fraction of sp³-hybridized carbons (Fsp3) is 1.00. The lowest BCUT2D eigenvalue weighted by Crippen LogP contribution is -2.44. The van der Waals surface area contributed by atoms with Crippen LogP contribution >= 0.6 is 0 Å². The molecule has 0 saturated carbocycles. The van der Waals surface area contributed by atoms with E-state index in [-0.39, 0.29) is 0 Å². The Bertz CT molecular complexity index is 109.